The van der Waals surface area contributed by atoms with Crippen molar-refractivity contribution in [1.82, 2.24) is 0 Å². The van der Waals surface area contributed by atoms with Gasteiger partial charge in [-0.1, -0.05) is 31.2 Å². The number of anilines is 1. The van der Waals surface area contributed by atoms with Gasteiger partial charge in [0, 0.05) is 5.69 Å². The average Bonchev–Trinajstić information content (AvgIpc) is 2.60. The van der Waals surface area contributed by atoms with Crippen LogP contribution in [0.3, 0.4) is 0 Å². The second kappa shape index (κ2) is 7.98. The van der Waals surface area contributed by atoms with Crippen LogP contribution in [0.4, 0.5) is 5.69 Å². The zero-order valence-electron chi connectivity index (χ0n) is 13.4. The molecule has 0 aromatic heterocycles. The number of esters is 1. The van der Waals surface area contributed by atoms with Crippen molar-refractivity contribution in [1.29, 1.82) is 0 Å². The Balaban J connectivity index is 1.94. The molecule has 0 aliphatic carbocycles. The van der Waals surface area contributed by atoms with E-state index in [2.05, 4.69) is 34.1 Å². The first-order chi connectivity index (χ1) is 11.1. The van der Waals surface area contributed by atoms with Gasteiger partial charge >= 0.3 is 5.97 Å². The van der Waals surface area contributed by atoms with Gasteiger partial charge in [0.25, 0.3) is 0 Å². The lowest BCUT2D eigenvalue weighted by Crippen LogP contribution is -2.22. The quantitative estimate of drug-likeness (QED) is 0.505. The van der Waals surface area contributed by atoms with Gasteiger partial charge < -0.3 is 15.8 Å². The van der Waals surface area contributed by atoms with E-state index in [1.165, 1.54) is 12.7 Å². The number of aliphatic imine (C=N–C) groups is 1. The van der Waals surface area contributed by atoms with Crippen molar-refractivity contribution in [2.75, 3.05) is 12.4 Å². The summed E-state index contributed by atoms with van der Waals surface area (Å²) < 4.78 is 4.66. The molecule has 0 saturated heterocycles. The van der Waals surface area contributed by atoms with E-state index in [1.54, 1.807) is 12.1 Å². The summed E-state index contributed by atoms with van der Waals surface area (Å²) in [6.07, 6.45) is 1.01. The molecule has 3 N–H and O–H groups in total. The van der Waals surface area contributed by atoms with Gasteiger partial charge in [-0.15, -0.1) is 0 Å². The Labute approximate surface area is 136 Å². The van der Waals surface area contributed by atoms with Gasteiger partial charge in [0.15, 0.2) is 5.96 Å². The minimum atomic E-state index is -0.350. The van der Waals surface area contributed by atoms with Gasteiger partial charge in [-0.25, -0.2) is 9.79 Å². The predicted octanol–water partition coefficient (Wildman–Crippen LogP) is 2.96. The molecule has 5 heteroatoms. The minimum Gasteiger partial charge on any atom is -0.465 e. The highest BCUT2D eigenvalue weighted by atomic mass is 16.5. The van der Waals surface area contributed by atoms with E-state index in [1.807, 2.05) is 24.3 Å². The number of rotatable bonds is 5. The van der Waals surface area contributed by atoms with Gasteiger partial charge in [0.05, 0.1) is 19.2 Å². The van der Waals surface area contributed by atoms with Crippen LogP contribution in [-0.4, -0.2) is 19.0 Å². The molecule has 120 valence electrons. The molecule has 0 aliphatic heterocycles. The van der Waals surface area contributed by atoms with E-state index in [-0.39, 0.29) is 5.97 Å². The lowest BCUT2D eigenvalue weighted by atomic mass is 10.1. The number of benzene rings is 2. The van der Waals surface area contributed by atoms with Crippen LogP contribution in [-0.2, 0) is 17.7 Å². The highest BCUT2D eigenvalue weighted by molar-refractivity contribution is 5.92. The number of guanidine groups is 1. The highest BCUT2D eigenvalue weighted by Gasteiger charge is 2.04. The van der Waals surface area contributed by atoms with Crippen LogP contribution in [0.15, 0.2) is 53.5 Å². The fourth-order valence-electron chi connectivity index (χ4n) is 2.05. The van der Waals surface area contributed by atoms with E-state index in [0.29, 0.717) is 18.1 Å². The van der Waals surface area contributed by atoms with Crippen LogP contribution in [0.25, 0.3) is 0 Å². The van der Waals surface area contributed by atoms with Gasteiger partial charge in [-0.2, -0.15) is 0 Å². The Bertz CT molecular complexity index is 676. The van der Waals surface area contributed by atoms with Crippen molar-refractivity contribution in [3.8, 4) is 0 Å². The normalized spacial score (nSPS) is 11.1. The van der Waals surface area contributed by atoms with Gasteiger partial charge in [0.2, 0.25) is 0 Å². The first kappa shape index (κ1) is 16.5. The maximum Gasteiger partial charge on any atom is 0.337 e. The molecule has 0 heterocycles. The monoisotopic (exact) mass is 311 g/mol. The summed E-state index contributed by atoms with van der Waals surface area (Å²) >= 11 is 0. The number of nitrogens with two attached hydrogens (primary N) is 1. The van der Waals surface area contributed by atoms with Gasteiger partial charge in [-0.05, 0) is 41.8 Å². The second-order valence-electron chi connectivity index (χ2n) is 5.07. The third kappa shape index (κ3) is 4.85. The summed E-state index contributed by atoms with van der Waals surface area (Å²) in [6, 6.07) is 15.2. The Kier molecular flexibility index (Phi) is 5.74. The Morgan fingerprint density at radius 3 is 2.26 bits per heavy atom. The third-order valence-corrected chi connectivity index (χ3v) is 3.44. The molecular formula is C18H21N3O2. The van der Waals surface area contributed by atoms with Crippen LogP contribution in [0.5, 0.6) is 0 Å². The molecule has 2 aromatic rings. The molecule has 0 atom stereocenters. The average molecular weight is 311 g/mol. The molecule has 0 spiro atoms. The van der Waals surface area contributed by atoms with Crippen molar-refractivity contribution in [2.24, 2.45) is 10.7 Å². The molecule has 0 radical (unpaired) electrons. The minimum absolute atomic E-state index is 0.350. The molecule has 23 heavy (non-hydrogen) atoms. The summed E-state index contributed by atoms with van der Waals surface area (Å²) in [5, 5.41) is 3.06. The number of nitrogens with one attached hydrogen (secondary N) is 1. The molecule has 2 rings (SSSR count). The van der Waals surface area contributed by atoms with Crippen LogP contribution in [0, 0.1) is 0 Å². The largest absolute Gasteiger partial charge is 0.465 e. The predicted molar refractivity (Wildman–Crippen MR) is 92.6 cm³/mol. The van der Waals surface area contributed by atoms with Crippen LogP contribution >= 0.6 is 0 Å². The molecule has 0 saturated carbocycles. The summed E-state index contributed by atoms with van der Waals surface area (Å²) in [6.45, 7) is 2.55. The zero-order valence-corrected chi connectivity index (χ0v) is 13.4. The van der Waals surface area contributed by atoms with Gasteiger partial charge in [0.1, 0.15) is 0 Å². The number of carbonyl (C=O) groups is 1. The fourth-order valence-corrected chi connectivity index (χ4v) is 2.05. The highest BCUT2D eigenvalue weighted by Crippen LogP contribution is 2.10. The Hall–Kier alpha value is -2.82. The van der Waals surface area contributed by atoms with Crippen molar-refractivity contribution in [3.05, 3.63) is 65.2 Å². The van der Waals surface area contributed by atoms with Crippen molar-refractivity contribution in [3.63, 3.8) is 0 Å². The maximum absolute atomic E-state index is 11.4. The Morgan fingerprint density at radius 1 is 1.09 bits per heavy atom. The standard InChI is InChI=1S/C18H21N3O2/c1-3-13-6-10-16(11-7-13)21-18(19)20-12-14-4-8-15(9-5-14)17(22)23-2/h4-11H,3,12H2,1-2H3,(H3,19,20,21). The SMILES string of the molecule is CCc1ccc(NC(N)=NCc2ccc(C(=O)OC)cc2)cc1. The van der Waals surface area contributed by atoms with Crippen LogP contribution in [0.1, 0.15) is 28.4 Å². The third-order valence-electron chi connectivity index (χ3n) is 3.44. The first-order valence-electron chi connectivity index (χ1n) is 7.45. The topological polar surface area (TPSA) is 76.7 Å². The molecule has 0 amide bonds. The molecule has 5 nitrogen and oxygen atoms in total. The van der Waals surface area contributed by atoms with E-state index in [0.717, 1.165) is 17.7 Å². The lowest BCUT2D eigenvalue weighted by Gasteiger charge is -2.06. The first-order valence-corrected chi connectivity index (χ1v) is 7.45. The van der Waals surface area contributed by atoms with E-state index >= 15 is 0 Å². The van der Waals surface area contributed by atoms with Crippen LogP contribution in [0.2, 0.25) is 0 Å². The second-order valence-corrected chi connectivity index (χ2v) is 5.07. The number of nitrogens with zero attached hydrogens (tertiary/aromatic N) is 1. The van der Waals surface area contributed by atoms with Crippen molar-refractivity contribution in [2.45, 2.75) is 19.9 Å². The summed E-state index contributed by atoms with van der Waals surface area (Å²) in [4.78, 5) is 15.7. The summed E-state index contributed by atoms with van der Waals surface area (Å²) in [5.41, 5.74) is 9.55. The molecule has 0 bridgehead atoms. The maximum atomic E-state index is 11.4. The zero-order chi connectivity index (χ0) is 16.7. The summed E-state index contributed by atoms with van der Waals surface area (Å²) in [5.74, 6) is 0.00282. The number of hydrogen-bond donors (Lipinski definition) is 2. The van der Waals surface area contributed by atoms with E-state index < -0.39 is 0 Å². The smallest absolute Gasteiger partial charge is 0.337 e. The number of aryl methyl sites for hydroxylation is 1. The Morgan fingerprint density at radius 2 is 1.70 bits per heavy atom. The number of methoxy groups -OCH3 is 1. The molecule has 2 aromatic carbocycles. The summed E-state index contributed by atoms with van der Waals surface area (Å²) in [7, 11) is 1.36. The fraction of sp³-hybridized carbons (Fsp3) is 0.222. The molecule has 0 aliphatic rings. The number of hydrogen-bond acceptors (Lipinski definition) is 3. The van der Waals surface area contributed by atoms with Crippen molar-refractivity contribution >= 4 is 17.6 Å². The molecule has 0 fully saturated rings. The van der Waals surface area contributed by atoms with Crippen LogP contribution < -0.4 is 11.1 Å². The van der Waals surface area contributed by atoms with Gasteiger partial charge in [-0.3, -0.25) is 0 Å². The van der Waals surface area contributed by atoms with E-state index in [4.69, 9.17) is 5.73 Å². The van der Waals surface area contributed by atoms with E-state index in [9.17, 15) is 4.79 Å². The lowest BCUT2D eigenvalue weighted by molar-refractivity contribution is 0.0600. The molecular weight excluding hydrogens is 290 g/mol. The molecule has 0 unspecified atom stereocenters. The number of ether oxygens (including phenoxy) is 1. The number of carbonyl (C=O) groups excluding carboxylic acids is 1. The van der Waals surface area contributed by atoms with Crippen molar-refractivity contribution < 1.29 is 9.53 Å².